The minimum atomic E-state index is -0.831. The summed E-state index contributed by atoms with van der Waals surface area (Å²) in [6, 6.07) is 15.6. The van der Waals surface area contributed by atoms with E-state index in [0.29, 0.717) is 17.5 Å². The second-order valence-corrected chi connectivity index (χ2v) is 6.26. The second kappa shape index (κ2) is 11.5. The van der Waals surface area contributed by atoms with Gasteiger partial charge in [-0.3, -0.25) is 0 Å². The van der Waals surface area contributed by atoms with Crippen molar-refractivity contribution in [3.8, 4) is 0 Å². The maximum atomic E-state index is 12.0. The number of ether oxygens (including phenoxy) is 2. The fraction of sp³-hybridized carbons (Fsp3) is 0.318. The van der Waals surface area contributed by atoms with Gasteiger partial charge < -0.3 is 14.8 Å². The van der Waals surface area contributed by atoms with Crippen molar-refractivity contribution in [1.29, 1.82) is 0 Å². The summed E-state index contributed by atoms with van der Waals surface area (Å²) in [4.78, 5) is 35.3. The summed E-state index contributed by atoms with van der Waals surface area (Å²) in [5.74, 6) is -1.12. The van der Waals surface area contributed by atoms with Gasteiger partial charge in [0.25, 0.3) is 0 Å². The molecule has 6 nitrogen and oxygen atoms in total. The van der Waals surface area contributed by atoms with Crippen molar-refractivity contribution in [3.05, 3.63) is 71.3 Å². The van der Waals surface area contributed by atoms with Crippen molar-refractivity contribution < 1.29 is 23.9 Å². The Balaban J connectivity index is 1.62. The maximum Gasteiger partial charge on any atom is 0.415 e. The van der Waals surface area contributed by atoms with Crippen LogP contribution in [-0.2, 0) is 15.9 Å². The lowest BCUT2D eigenvalue weighted by atomic mass is 10.1. The summed E-state index contributed by atoms with van der Waals surface area (Å²) in [6.45, 7) is 2.52. The van der Waals surface area contributed by atoms with Crippen LogP contribution in [0.15, 0.2) is 54.6 Å². The molecule has 0 heterocycles. The molecule has 0 unspecified atom stereocenters. The molecular weight excluding hydrogens is 358 g/mol. The Bertz CT molecular complexity index is 771. The van der Waals surface area contributed by atoms with Gasteiger partial charge in [0, 0.05) is 6.54 Å². The zero-order valence-electron chi connectivity index (χ0n) is 16.0. The quantitative estimate of drug-likeness (QED) is 0.400. The first-order valence-electron chi connectivity index (χ1n) is 9.41. The number of rotatable bonds is 9. The van der Waals surface area contributed by atoms with Gasteiger partial charge in [0.1, 0.15) is 0 Å². The highest BCUT2D eigenvalue weighted by atomic mass is 16.6. The van der Waals surface area contributed by atoms with Crippen LogP contribution in [0, 0.1) is 0 Å². The summed E-state index contributed by atoms with van der Waals surface area (Å²) in [5.41, 5.74) is 2.00. The number of carbonyl (C=O) groups excluding carboxylic acids is 3. The number of benzene rings is 2. The molecule has 0 radical (unpaired) electrons. The molecule has 1 amide bonds. The summed E-state index contributed by atoms with van der Waals surface area (Å²) >= 11 is 0. The van der Waals surface area contributed by atoms with E-state index in [1.807, 2.05) is 12.1 Å². The van der Waals surface area contributed by atoms with Crippen LogP contribution in [0.1, 0.15) is 52.5 Å². The van der Waals surface area contributed by atoms with Crippen molar-refractivity contribution >= 4 is 18.0 Å². The third-order valence-electron chi connectivity index (χ3n) is 4.03. The minimum Gasteiger partial charge on any atom is -0.462 e. The number of unbranched alkanes of at least 4 members (excludes halogenated alkanes) is 1. The molecule has 28 heavy (non-hydrogen) atoms. The average molecular weight is 383 g/mol. The van der Waals surface area contributed by atoms with E-state index >= 15 is 0 Å². The predicted molar refractivity (Wildman–Crippen MR) is 105 cm³/mol. The molecular formula is C22H25NO5. The van der Waals surface area contributed by atoms with Crippen LogP contribution < -0.4 is 5.32 Å². The number of aryl methyl sites for hydroxylation is 1. The van der Waals surface area contributed by atoms with Crippen LogP contribution in [0.4, 0.5) is 4.79 Å². The Kier molecular flexibility index (Phi) is 8.72. The van der Waals surface area contributed by atoms with Gasteiger partial charge in [-0.2, -0.15) is 0 Å². The third-order valence-corrected chi connectivity index (χ3v) is 4.03. The van der Waals surface area contributed by atoms with Gasteiger partial charge in [-0.25, -0.2) is 14.4 Å². The Labute approximate surface area is 164 Å². The van der Waals surface area contributed by atoms with E-state index in [2.05, 4.69) is 17.0 Å². The molecule has 148 valence electrons. The minimum absolute atomic E-state index is 0.156. The number of hydrogen-bond acceptors (Lipinski definition) is 5. The predicted octanol–water partition coefficient (Wildman–Crippen LogP) is 4.14. The lowest BCUT2D eigenvalue weighted by molar-refractivity contribution is 0.0501. The molecule has 1 N–H and O–H groups in total. The maximum absolute atomic E-state index is 12.0. The van der Waals surface area contributed by atoms with Crippen LogP contribution in [0.2, 0.25) is 0 Å². The number of carbonyl (C=O) groups is 3. The highest BCUT2D eigenvalue weighted by Gasteiger charge is 2.12. The number of hydrogen-bond donors (Lipinski definition) is 1. The number of amides is 1. The Hall–Kier alpha value is -3.15. The van der Waals surface area contributed by atoms with Crippen LogP contribution in [-0.4, -0.2) is 31.2 Å². The molecule has 0 fully saturated rings. The zero-order chi connectivity index (χ0) is 20.2. The molecule has 0 aliphatic carbocycles. The third kappa shape index (κ3) is 7.23. The summed E-state index contributed by atoms with van der Waals surface area (Å²) in [5, 5.41) is 2.45. The van der Waals surface area contributed by atoms with Crippen molar-refractivity contribution in [1.82, 2.24) is 5.32 Å². The van der Waals surface area contributed by atoms with E-state index in [9.17, 15) is 14.4 Å². The number of nitrogens with one attached hydrogen (secondary N) is 1. The Morgan fingerprint density at radius 2 is 1.54 bits per heavy atom. The van der Waals surface area contributed by atoms with Crippen LogP contribution >= 0.6 is 0 Å². The lowest BCUT2D eigenvalue weighted by Crippen LogP contribution is -2.28. The van der Waals surface area contributed by atoms with Crippen LogP contribution in [0.5, 0.6) is 0 Å². The van der Waals surface area contributed by atoms with E-state index < -0.39 is 18.0 Å². The molecule has 2 aromatic rings. The van der Waals surface area contributed by atoms with Gasteiger partial charge in [0.2, 0.25) is 0 Å². The van der Waals surface area contributed by atoms with Gasteiger partial charge >= 0.3 is 18.0 Å². The summed E-state index contributed by atoms with van der Waals surface area (Å²) < 4.78 is 9.86. The number of alkyl carbamates (subject to hydrolysis) is 1. The lowest BCUT2D eigenvalue weighted by Gasteiger charge is -2.07. The Morgan fingerprint density at radius 1 is 0.857 bits per heavy atom. The fourth-order valence-electron chi connectivity index (χ4n) is 2.45. The fourth-order valence-corrected chi connectivity index (χ4v) is 2.45. The van der Waals surface area contributed by atoms with E-state index in [0.717, 1.165) is 19.3 Å². The Morgan fingerprint density at radius 3 is 2.21 bits per heavy atom. The molecule has 6 heteroatoms. The first-order valence-corrected chi connectivity index (χ1v) is 9.41. The van der Waals surface area contributed by atoms with E-state index in [1.54, 1.807) is 42.5 Å². The SMILES string of the molecule is CCCCc1ccc(C(=O)OCCCNC(=O)OC(=O)c2ccccc2)cc1. The van der Waals surface area contributed by atoms with Crippen molar-refractivity contribution in [3.63, 3.8) is 0 Å². The van der Waals surface area contributed by atoms with Gasteiger partial charge in [-0.1, -0.05) is 43.7 Å². The molecule has 0 saturated carbocycles. The van der Waals surface area contributed by atoms with E-state index in [-0.39, 0.29) is 13.2 Å². The van der Waals surface area contributed by atoms with E-state index in [4.69, 9.17) is 4.74 Å². The van der Waals surface area contributed by atoms with Gasteiger partial charge in [0.15, 0.2) is 0 Å². The molecule has 0 aliphatic rings. The first-order chi connectivity index (χ1) is 13.6. The molecule has 2 rings (SSSR count). The van der Waals surface area contributed by atoms with Crippen molar-refractivity contribution in [2.75, 3.05) is 13.2 Å². The highest BCUT2D eigenvalue weighted by Crippen LogP contribution is 2.09. The molecule has 0 saturated heterocycles. The second-order valence-electron chi connectivity index (χ2n) is 6.26. The smallest absolute Gasteiger partial charge is 0.415 e. The van der Waals surface area contributed by atoms with Crippen LogP contribution in [0.25, 0.3) is 0 Å². The van der Waals surface area contributed by atoms with Gasteiger partial charge in [-0.15, -0.1) is 0 Å². The van der Waals surface area contributed by atoms with E-state index in [1.165, 1.54) is 5.56 Å². The van der Waals surface area contributed by atoms with Crippen molar-refractivity contribution in [2.24, 2.45) is 0 Å². The standard InChI is InChI=1S/C22H25NO5/c1-2-3-8-17-11-13-19(14-12-17)20(24)27-16-7-15-23-22(26)28-21(25)18-9-5-4-6-10-18/h4-6,9-14H,2-3,7-8,15-16H2,1H3,(H,23,26). The zero-order valence-corrected chi connectivity index (χ0v) is 16.0. The highest BCUT2D eigenvalue weighted by molar-refractivity contribution is 5.96. The molecule has 0 atom stereocenters. The monoisotopic (exact) mass is 383 g/mol. The molecule has 0 aromatic heterocycles. The topological polar surface area (TPSA) is 81.7 Å². The summed E-state index contributed by atoms with van der Waals surface area (Å²) in [7, 11) is 0. The molecule has 0 aliphatic heterocycles. The molecule has 0 bridgehead atoms. The number of esters is 2. The normalized spacial score (nSPS) is 10.2. The molecule has 2 aromatic carbocycles. The largest absolute Gasteiger partial charge is 0.462 e. The first kappa shape index (κ1) is 21.2. The van der Waals surface area contributed by atoms with Crippen molar-refractivity contribution in [2.45, 2.75) is 32.6 Å². The molecule has 0 spiro atoms. The summed E-state index contributed by atoms with van der Waals surface area (Å²) in [6.07, 6.45) is 2.83. The van der Waals surface area contributed by atoms with Gasteiger partial charge in [-0.05, 0) is 49.1 Å². The average Bonchev–Trinajstić information content (AvgIpc) is 2.72. The van der Waals surface area contributed by atoms with Gasteiger partial charge in [0.05, 0.1) is 17.7 Å². The van der Waals surface area contributed by atoms with Crippen LogP contribution in [0.3, 0.4) is 0 Å².